The summed E-state index contributed by atoms with van der Waals surface area (Å²) in [7, 11) is 0. The van der Waals surface area contributed by atoms with Gasteiger partial charge in [-0.05, 0) is 42.9 Å². The first kappa shape index (κ1) is 12.3. The van der Waals surface area contributed by atoms with E-state index in [2.05, 4.69) is 29.1 Å². The van der Waals surface area contributed by atoms with Gasteiger partial charge in [-0.3, -0.25) is 0 Å². The Bertz CT molecular complexity index is 638. The Morgan fingerprint density at radius 2 is 2.05 bits per heavy atom. The highest BCUT2D eigenvalue weighted by Crippen LogP contribution is 2.36. The van der Waals surface area contributed by atoms with Crippen molar-refractivity contribution in [1.29, 1.82) is 0 Å². The van der Waals surface area contributed by atoms with Gasteiger partial charge in [0.2, 0.25) is 0 Å². The summed E-state index contributed by atoms with van der Waals surface area (Å²) in [4.78, 5) is 16.8. The molecule has 19 heavy (non-hydrogen) atoms. The van der Waals surface area contributed by atoms with Gasteiger partial charge in [-0.1, -0.05) is 20.3 Å². The molecule has 1 fully saturated rings. The van der Waals surface area contributed by atoms with E-state index in [0.717, 1.165) is 16.7 Å². The second kappa shape index (κ2) is 4.44. The maximum atomic E-state index is 11.2. The van der Waals surface area contributed by atoms with Crippen molar-refractivity contribution in [2.45, 2.75) is 45.6 Å². The zero-order valence-electron chi connectivity index (χ0n) is 11.5. The van der Waals surface area contributed by atoms with Gasteiger partial charge in [0.1, 0.15) is 0 Å². The molecule has 0 bridgehead atoms. The van der Waals surface area contributed by atoms with E-state index in [1.807, 2.05) is 18.2 Å². The van der Waals surface area contributed by atoms with Crippen LogP contribution in [0.15, 0.2) is 23.0 Å². The zero-order chi connectivity index (χ0) is 13.5. The first-order valence-corrected chi connectivity index (χ1v) is 7.00. The molecular formula is C15H21N3O. The van der Waals surface area contributed by atoms with Gasteiger partial charge in [-0.2, -0.15) is 0 Å². The van der Waals surface area contributed by atoms with Gasteiger partial charge >= 0.3 is 5.69 Å². The average Bonchev–Trinajstić information content (AvgIpc) is 2.67. The molecule has 3 N–H and O–H groups in total. The van der Waals surface area contributed by atoms with Crippen LogP contribution in [0.4, 0.5) is 5.69 Å². The van der Waals surface area contributed by atoms with Crippen LogP contribution in [-0.2, 0) is 0 Å². The van der Waals surface area contributed by atoms with E-state index >= 15 is 0 Å². The number of imidazole rings is 1. The highest BCUT2D eigenvalue weighted by molar-refractivity contribution is 5.78. The molecule has 102 valence electrons. The third kappa shape index (κ3) is 2.67. The number of nitrogens with one attached hydrogen (secondary N) is 3. The maximum Gasteiger partial charge on any atom is 0.323 e. The number of anilines is 1. The molecule has 1 aliphatic rings. The zero-order valence-corrected chi connectivity index (χ0v) is 11.5. The fraction of sp³-hybridized carbons (Fsp3) is 0.533. The molecule has 0 radical (unpaired) electrons. The van der Waals surface area contributed by atoms with Crippen molar-refractivity contribution in [3.05, 3.63) is 28.7 Å². The number of aromatic nitrogens is 2. The Balaban J connectivity index is 1.79. The number of benzene rings is 1. The van der Waals surface area contributed by atoms with Crippen molar-refractivity contribution in [3.8, 4) is 0 Å². The van der Waals surface area contributed by atoms with Crippen molar-refractivity contribution in [2.24, 2.45) is 5.41 Å². The normalized spacial score (nSPS) is 22.5. The van der Waals surface area contributed by atoms with Gasteiger partial charge in [0, 0.05) is 11.7 Å². The fourth-order valence-corrected chi connectivity index (χ4v) is 3.18. The quantitative estimate of drug-likeness (QED) is 0.775. The minimum absolute atomic E-state index is 0.147. The number of hydrogen-bond donors (Lipinski definition) is 3. The van der Waals surface area contributed by atoms with E-state index < -0.39 is 0 Å². The van der Waals surface area contributed by atoms with Crippen LogP contribution in [0.1, 0.15) is 39.5 Å². The summed E-state index contributed by atoms with van der Waals surface area (Å²) >= 11 is 0. The fourth-order valence-electron chi connectivity index (χ4n) is 3.18. The van der Waals surface area contributed by atoms with E-state index in [0.29, 0.717) is 11.5 Å². The van der Waals surface area contributed by atoms with Gasteiger partial charge in [0.15, 0.2) is 0 Å². The molecule has 1 unspecified atom stereocenters. The number of H-pyrrole nitrogens is 2. The Morgan fingerprint density at radius 1 is 1.26 bits per heavy atom. The predicted molar refractivity (Wildman–Crippen MR) is 78.6 cm³/mol. The van der Waals surface area contributed by atoms with E-state index in [1.165, 1.54) is 25.7 Å². The highest BCUT2D eigenvalue weighted by atomic mass is 16.1. The van der Waals surface area contributed by atoms with Gasteiger partial charge in [0.25, 0.3) is 0 Å². The summed E-state index contributed by atoms with van der Waals surface area (Å²) in [5, 5.41) is 3.60. The Hall–Kier alpha value is -1.71. The summed E-state index contributed by atoms with van der Waals surface area (Å²) in [5.74, 6) is 0. The Morgan fingerprint density at radius 3 is 2.84 bits per heavy atom. The molecule has 3 rings (SSSR count). The van der Waals surface area contributed by atoms with Gasteiger partial charge < -0.3 is 15.3 Å². The Labute approximate surface area is 112 Å². The third-order valence-electron chi connectivity index (χ3n) is 4.09. The first-order valence-electron chi connectivity index (χ1n) is 7.00. The molecular weight excluding hydrogens is 238 g/mol. The first-order chi connectivity index (χ1) is 9.02. The average molecular weight is 259 g/mol. The Kier molecular flexibility index (Phi) is 2.88. The molecule has 0 amide bonds. The second-order valence-electron chi connectivity index (χ2n) is 6.44. The molecule has 2 aromatic rings. The van der Waals surface area contributed by atoms with Crippen molar-refractivity contribution >= 4 is 16.7 Å². The van der Waals surface area contributed by atoms with Gasteiger partial charge in [-0.15, -0.1) is 0 Å². The molecule has 0 spiro atoms. The lowest BCUT2D eigenvalue weighted by Crippen LogP contribution is -2.31. The van der Waals surface area contributed by atoms with Crippen LogP contribution in [0.25, 0.3) is 11.0 Å². The van der Waals surface area contributed by atoms with Crippen molar-refractivity contribution in [1.82, 2.24) is 9.97 Å². The summed E-state index contributed by atoms with van der Waals surface area (Å²) in [6.45, 7) is 4.68. The third-order valence-corrected chi connectivity index (χ3v) is 4.09. The van der Waals surface area contributed by atoms with E-state index in [1.54, 1.807) is 0 Å². The van der Waals surface area contributed by atoms with Crippen molar-refractivity contribution in [3.63, 3.8) is 0 Å². The smallest absolute Gasteiger partial charge is 0.323 e. The maximum absolute atomic E-state index is 11.2. The van der Waals surface area contributed by atoms with Crippen LogP contribution in [-0.4, -0.2) is 16.0 Å². The lowest BCUT2D eigenvalue weighted by atomic mass is 9.75. The number of rotatable bonds is 2. The summed E-state index contributed by atoms with van der Waals surface area (Å²) < 4.78 is 0. The van der Waals surface area contributed by atoms with Gasteiger partial charge in [0.05, 0.1) is 11.0 Å². The number of fused-ring (bicyclic) bond motifs is 1. The van der Waals surface area contributed by atoms with Crippen LogP contribution in [0, 0.1) is 5.41 Å². The summed E-state index contributed by atoms with van der Waals surface area (Å²) in [5.41, 5.74) is 3.10. The molecule has 1 heterocycles. The van der Waals surface area contributed by atoms with Crippen LogP contribution in [0.3, 0.4) is 0 Å². The van der Waals surface area contributed by atoms with E-state index in [-0.39, 0.29) is 5.69 Å². The van der Waals surface area contributed by atoms with Crippen molar-refractivity contribution in [2.75, 3.05) is 5.32 Å². The summed E-state index contributed by atoms with van der Waals surface area (Å²) in [6.07, 6.45) is 5.03. The molecule has 0 aliphatic heterocycles. The lowest BCUT2D eigenvalue weighted by Gasteiger charge is -2.36. The van der Waals surface area contributed by atoms with Crippen molar-refractivity contribution < 1.29 is 0 Å². The summed E-state index contributed by atoms with van der Waals surface area (Å²) in [6, 6.07) is 6.53. The minimum Gasteiger partial charge on any atom is -0.382 e. The molecule has 1 aromatic heterocycles. The van der Waals surface area contributed by atoms with Crippen LogP contribution in [0.5, 0.6) is 0 Å². The second-order valence-corrected chi connectivity index (χ2v) is 6.44. The minimum atomic E-state index is -0.147. The van der Waals surface area contributed by atoms with Crippen LogP contribution in [0.2, 0.25) is 0 Å². The standard InChI is InChI=1S/C15H21N3O/c1-15(2)7-3-4-11(9-15)16-10-5-6-12-13(8-10)18-14(19)17-12/h5-6,8,11,16H,3-4,7,9H2,1-2H3,(H2,17,18,19). The molecule has 4 nitrogen and oxygen atoms in total. The number of aromatic amines is 2. The highest BCUT2D eigenvalue weighted by Gasteiger charge is 2.27. The molecule has 1 aliphatic carbocycles. The van der Waals surface area contributed by atoms with Crippen LogP contribution < -0.4 is 11.0 Å². The number of hydrogen-bond acceptors (Lipinski definition) is 2. The van der Waals surface area contributed by atoms with E-state index in [9.17, 15) is 4.79 Å². The molecule has 1 atom stereocenters. The van der Waals surface area contributed by atoms with Crippen LogP contribution >= 0.6 is 0 Å². The molecule has 4 heteroatoms. The lowest BCUT2D eigenvalue weighted by molar-refractivity contribution is 0.229. The SMILES string of the molecule is CC1(C)CCCC(Nc2ccc3[nH]c(=O)[nH]c3c2)C1. The van der Waals surface area contributed by atoms with Gasteiger partial charge in [-0.25, -0.2) is 4.79 Å². The van der Waals surface area contributed by atoms with E-state index in [4.69, 9.17) is 0 Å². The monoisotopic (exact) mass is 259 g/mol. The largest absolute Gasteiger partial charge is 0.382 e. The topological polar surface area (TPSA) is 60.7 Å². The molecule has 1 saturated carbocycles. The molecule has 0 saturated heterocycles. The predicted octanol–water partition coefficient (Wildman–Crippen LogP) is 3.24. The molecule has 1 aromatic carbocycles.